The Morgan fingerprint density at radius 1 is 1.50 bits per heavy atom. The van der Waals surface area contributed by atoms with E-state index in [2.05, 4.69) is 21.9 Å². The average molecular weight is 226 g/mol. The van der Waals surface area contributed by atoms with Crippen molar-refractivity contribution in [3.05, 3.63) is 29.2 Å². The van der Waals surface area contributed by atoms with Gasteiger partial charge in [-0.3, -0.25) is 0 Å². The van der Waals surface area contributed by atoms with Gasteiger partial charge in [0, 0.05) is 6.20 Å². The van der Waals surface area contributed by atoms with Gasteiger partial charge in [-0.05, 0) is 6.07 Å². The average Bonchev–Trinajstić information content (AvgIpc) is 2.57. The quantitative estimate of drug-likeness (QED) is 0.390. The van der Waals surface area contributed by atoms with Gasteiger partial charge < -0.3 is 0 Å². The summed E-state index contributed by atoms with van der Waals surface area (Å²) in [6.07, 6.45) is 3.37. The summed E-state index contributed by atoms with van der Waals surface area (Å²) >= 11 is 11.2. The minimum atomic E-state index is 0.290. The van der Waals surface area contributed by atoms with E-state index in [4.69, 9.17) is 23.2 Å². The van der Waals surface area contributed by atoms with Crippen LogP contribution in [0.3, 0.4) is 0 Å². The summed E-state index contributed by atoms with van der Waals surface area (Å²) in [6, 6.07) is 1.67. The number of fused-ring (bicyclic) bond motifs is 1. The molecule has 0 atom stereocenters. The van der Waals surface area contributed by atoms with E-state index in [-0.39, 0.29) is 5.88 Å². The number of rotatable bonds is 0. The lowest BCUT2D eigenvalue weighted by molar-refractivity contribution is 0.939. The second-order valence-corrected chi connectivity index (χ2v) is 3.17. The maximum Gasteiger partial charge on any atom is 0.172 e. The van der Waals surface area contributed by atoms with Gasteiger partial charge in [0.05, 0.1) is 17.6 Å². The molecule has 0 amide bonds. The highest BCUT2D eigenvalue weighted by atomic mass is 35.5. The van der Waals surface area contributed by atoms with Gasteiger partial charge in [-0.25, -0.2) is 9.50 Å². The molecule has 70 valence electrons. The summed E-state index contributed by atoms with van der Waals surface area (Å²) in [7, 11) is 0. The fourth-order valence-corrected chi connectivity index (χ4v) is 1.27. The molecule has 14 heavy (non-hydrogen) atoms. The summed E-state index contributed by atoms with van der Waals surface area (Å²) in [6.45, 7) is 0. The van der Waals surface area contributed by atoms with Crippen molar-refractivity contribution in [2.24, 2.45) is 0 Å². The number of hydrogen-bond acceptors (Lipinski definition) is 2. The van der Waals surface area contributed by atoms with E-state index < -0.39 is 0 Å². The zero-order chi connectivity index (χ0) is 9.97. The van der Waals surface area contributed by atoms with Crippen LogP contribution in [0.1, 0.15) is 5.56 Å². The van der Waals surface area contributed by atoms with Crippen molar-refractivity contribution in [2.75, 3.05) is 5.88 Å². The van der Waals surface area contributed by atoms with E-state index in [1.165, 1.54) is 0 Å². The normalized spacial score (nSPS) is 9.86. The Bertz CT molecular complexity index is 522. The fraction of sp³-hybridized carbons (Fsp3) is 0.111. The lowest BCUT2D eigenvalue weighted by Crippen LogP contribution is -1.89. The largest absolute Gasteiger partial charge is 0.221 e. The summed E-state index contributed by atoms with van der Waals surface area (Å²) in [5.41, 5.74) is 1.38. The Balaban J connectivity index is 2.61. The molecule has 0 radical (unpaired) electrons. The zero-order valence-corrected chi connectivity index (χ0v) is 8.55. The van der Waals surface area contributed by atoms with Crippen molar-refractivity contribution >= 4 is 28.8 Å². The molecular formula is C9H5Cl2N3. The molecule has 2 aromatic heterocycles. The van der Waals surface area contributed by atoms with Crippen LogP contribution in [0.2, 0.25) is 5.15 Å². The van der Waals surface area contributed by atoms with Crippen molar-refractivity contribution in [2.45, 2.75) is 0 Å². The molecule has 3 nitrogen and oxygen atoms in total. The molecular weight excluding hydrogens is 221 g/mol. The maximum absolute atomic E-state index is 5.76. The van der Waals surface area contributed by atoms with Crippen molar-refractivity contribution in [3.8, 4) is 11.8 Å². The lowest BCUT2D eigenvalue weighted by Gasteiger charge is -1.92. The number of alkyl halides is 1. The first-order valence-corrected chi connectivity index (χ1v) is 4.77. The minimum absolute atomic E-state index is 0.290. The van der Waals surface area contributed by atoms with E-state index in [9.17, 15) is 0 Å². The molecule has 0 saturated heterocycles. The summed E-state index contributed by atoms with van der Waals surface area (Å²) in [4.78, 5) is 4.11. The molecule has 0 aliphatic heterocycles. The standard InChI is InChI=1S/C9H5Cl2N3/c10-4-1-2-7-6-12-14-5-3-8(11)13-9(7)14/h3,5-6H,4H2. The highest BCUT2D eigenvalue weighted by molar-refractivity contribution is 6.29. The summed E-state index contributed by atoms with van der Waals surface area (Å²) in [5.74, 6) is 5.89. The first kappa shape index (κ1) is 9.32. The molecule has 0 aromatic carbocycles. The van der Waals surface area contributed by atoms with Gasteiger partial charge >= 0.3 is 0 Å². The first-order valence-electron chi connectivity index (χ1n) is 3.86. The summed E-state index contributed by atoms with van der Waals surface area (Å²) in [5, 5.41) is 4.49. The van der Waals surface area contributed by atoms with Crippen molar-refractivity contribution in [1.29, 1.82) is 0 Å². The molecule has 0 spiro atoms. The van der Waals surface area contributed by atoms with E-state index in [0.717, 1.165) is 5.56 Å². The van der Waals surface area contributed by atoms with Crippen LogP contribution in [-0.4, -0.2) is 20.5 Å². The Hall–Kier alpha value is -1.24. The molecule has 2 aromatic rings. The summed E-state index contributed by atoms with van der Waals surface area (Å²) < 4.78 is 1.62. The van der Waals surface area contributed by atoms with Crippen molar-refractivity contribution in [3.63, 3.8) is 0 Å². The van der Waals surface area contributed by atoms with E-state index in [1.54, 1.807) is 23.0 Å². The van der Waals surface area contributed by atoms with E-state index >= 15 is 0 Å². The Labute approximate surface area is 90.7 Å². The third kappa shape index (κ3) is 1.67. The lowest BCUT2D eigenvalue weighted by atomic mass is 10.3. The van der Waals surface area contributed by atoms with Gasteiger partial charge in [-0.1, -0.05) is 23.4 Å². The van der Waals surface area contributed by atoms with Crippen LogP contribution in [0.4, 0.5) is 0 Å². The highest BCUT2D eigenvalue weighted by Gasteiger charge is 2.02. The number of halogens is 2. The van der Waals surface area contributed by atoms with Gasteiger partial charge in [0.25, 0.3) is 0 Å². The SMILES string of the molecule is ClCC#Cc1cnn2ccc(Cl)nc12. The Kier molecular flexibility index (Phi) is 2.58. The van der Waals surface area contributed by atoms with Crippen LogP contribution in [-0.2, 0) is 0 Å². The Morgan fingerprint density at radius 2 is 2.36 bits per heavy atom. The molecule has 0 fully saturated rings. The van der Waals surface area contributed by atoms with Crippen molar-refractivity contribution < 1.29 is 0 Å². The predicted octanol–water partition coefficient (Wildman–Crippen LogP) is 1.97. The van der Waals surface area contributed by atoms with Crippen LogP contribution in [0.5, 0.6) is 0 Å². The van der Waals surface area contributed by atoms with E-state index in [1.807, 2.05) is 0 Å². The number of hydrogen-bond donors (Lipinski definition) is 0. The molecule has 0 N–H and O–H groups in total. The second-order valence-electron chi connectivity index (χ2n) is 2.51. The molecule has 0 saturated carbocycles. The predicted molar refractivity (Wildman–Crippen MR) is 55.6 cm³/mol. The van der Waals surface area contributed by atoms with Gasteiger partial charge in [-0.15, -0.1) is 11.6 Å². The molecule has 0 aliphatic rings. The smallest absolute Gasteiger partial charge is 0.172 e. The van der Waals surface area contributed by atoms with Gasteiger partial charge in [0.1, 0.15) is 5.15 Å². The van der Waals surface area contributed by atoms with Crippen LogP contribution in [0.15, 0.2) is 18.5 Å². The van der Waals surface area contributed by atoms with Gasteiger partial charge in [0.2, 0.25) is 0 Å². The fourth-order valence-electron chi connectivity index (χ4n) is 1.06. The second kappa shape index (κ2) is 3.87. The van der Waals surface area contributed by atoms with Crippen molar-refractivity contribution in [1.82, 2.24) is 14.6 Å². The molecule has 0 aliphatic carbocycles. The maximum atomic E-state index is 5.76. The van der Waals surface area contributed by atoms with Crippen LogP contribution < -0.4 is 0 Å². The molecule has 2 rings (SSSR count). The monoisotopic (exact) mass is 225 g/mol. The topological polar surface area (TPSA) is 30.2 Å². The molecule has 0 unspecified atom stereocenters. The molecule has 2 heterocycles. The van der Waals surface area contributed by atoms with Gasteiger partial charge in [0.15, 0.2) is 5.65 Å². The molecule has 0 bridgehead atoms. The number of aromatic nitrogens is 3. The Morgan fingerprint density at radius 3 is 3.14 bits per heavy atom. The van der Waals surface area contributed by atoms with Crippen LogP contribution in [0, 0.1) is 11.8 Å². The third-order valence-corrected chi connectivity index (χ3v) is 1.97. The first-order chi connectivity index (χ1) is 6.81. The van der Waals surface area contributed by atoms with Gasteiger partial charge in [-0.2, -0.15) is 5.10 Å². The van der Waals surface area contributed by atoms with Crippen LogP contribution >= 0.6 is 23.2 Å². The highest BCUT2D eigenvalue weighted by Crippen LogP contribution is 2.10. The minimum Gasteiger partial charge on any atom is -0.221 e. The zero-order valence-electron chi connectivity index (χ0n) is 7.04. The van der Waals surface area contributed by atoms with E-state index in [0.29, 0.717) is 10.8 Å². The molecule has 5 heteroatoms. The van der Waals surface area contributed by atoms with Crippen LogP contribution in [0.25, 0.3) is 5.65 Å². The third-order valence-electron chi connectivity index (χ3n) is 1.62. The number of nitrogens with zero attached hydrogens (tertiary/aromatic N) is 3.